The van der Waals surface area contributed by atoms with E-state index in [1.165, 1.54) is 4.90 Å². The molecule has 1 saturated heterocycles. The molecule has 30 heavy (non-hydrogen) atoms. The van der Waals surface area contributed by atoms with Gasteiger partial charge in [0.15, 0.2) is 0 Å². The van der Waals surface area contributed by atoms with Gasteiger partial charge in [0, 0.05) is 50.4 Å². The molecule has 8 nitrogen and oxygen atoms in total. The molecule has 4 amide bonds. The Kier molecular flexibility index (Phi) is 9.94. The van der Waals surface area contributed by atoms with Crippen LogP contribution in [0.1, 0.15) is 73.6 Å². The van der Waals surface area contributed by atoms with Gasteiger partial charge in [-0.05, 0) is 33.1 Å². The number of nitrogens with zero attached hydrogens (tertiary/aromatic N) is 1. The number of carbonyl (C=O) groups is 4. The Morgan fingerprint density at radius 1 is 1.13 bits per heavy atom. The number of likely N-dealkylation sites (tertiary alicyclic amines) is 1. The van der Waals surface area contributed by atoms with E-state index in [4.69, 9.17) is 4.74 Å². The van der Waals surface area contributed by atoms with Crippen LogP contribution in [0.25, 0.3) is 0 Å². The molecule has 2 N–H and O–H groups in total. The zero-order chi connectivity index (χ0) is 22.9. The van der Waals surface area contributed by atoms with Gasteiger partial charge in [-0.25, -0.2) is 0 Å². The van der Waals surface area contributed by atoms with Crippen molar-refractivity contribution in [3.63, 3.8) is 0 Å². The SMILES string of the molecule is CCNC(=O)C(C)(C)CCOC(C)(CC)CCNC(=O)CCN1C(=O)CC(C)C1=O. The third kappa shape index (κ3) is 7.70. The van der Waals surface area contributed by atoms with E-state index in [1.807, 2.05) is 34.6 Å². The van der Waals surface area contributed by atoms with Crippen LogP contribution in [0.2, 0.25) is 0 Å². The normalized spacial score (nSPS) is 19.0. The number of imide groups is 1. The number of ether oxygens (including phenoxy) is 1. The summed E-state index contributed by atoms with van der Waals surface area (Å²) in [5.74, 6) is -0.867. The Morgan fingerprint density at radius 2 is 1.80 bits per heavy atom. The molecular formula is C22H39N3O5. The van der Waals surface area contributed by atoms with Crippen molar-refractivity contribution in [3.8, 4) is 0 Å². The van der Waals surface area contributed by atoms with Crippen molar-refractivity contribution in [2.24, 2.45) is 11.3 Å². The minimum absolute atomic E-state index is 0.0171. The van der Waals surface area contributed by atoms with Crippen LogP contribution in [0.5, 0.6) is 0 Å². The maximum atomic E-state index is 12.1. The summed E-state index contributed by atoms with van der Waals surface area (Å²) < 4.78 is 6.08. The summed E-state index contributed by atoms with van der Waals surface area (Å²) in [7, 11) is 0. The maximum Gasteiger partial charge on any atom is 0.232 e. The number of hydrogen-bond donors (Lipinski definition) is 2. The fourth-order valence-corrected chi connectivity index (χ4v) is 3.27. The molecular weight excluding hydrogens is 386 g/mol. The lowest BCUT2D eigenvalue weighted by atomic mass is 9.88. The molecule has 0 aromatic rings. The van der Waals surface area contributed by atoms with Crippen molar-refractivity contribution < 1.29 is 23.9 Å². The molecule has 2 unspecified atom stereocenters. The fraction of sp³-hybridized carbons (Fsp3) is 0.818. The lowest BCUT2D eigenvalue weighted by Crippen LogP contribution is -2.39. The van der Waals surface area contributed by atoms with Crippen LogP contribution in [-0.4, -0.2) is 60.4 Å². The molecule has 0 spiro atoms. The maximum absolute atomic E-state index is 12.1. The summed E-state index contributed by atoms with van der Waals surface area (Å²) in [5, 5.41) is 5.69. The van der Waals surface area contributed by atoms with Gasteiger partial charge in [0.2, 0.25) is 23.6 Å². The topological polar surface area (TPSA) is 105 Å². The summed E-state index contributed by atoms with van der Waals surface area (Å²) in [6, 6.07) is 0. The Balaban J connectivity index is 2.36. The van der Waals surface area contributed by atoms with Crippen molar-refractivity contribution in [2.45, 2.75) is 79.2 Å². The summed E-state index contributed by atoms with van der Waals surface area (Å²) in [4.78, 5) is 49.0. The van der Waals surface area contributed by atoms with Crippen molar-refractivity contribution in [3.05, 3.63) is 0 Å². The Hall–Kier alpha value is -1.96. The van der Waals surface area contributed by atoms with E-state index in [-0.39, 0.29) is 48.9 Å². The van der Waals surface area contributed by atoms with Crippen LogP contribution in [0, 0.1) is 11.3 Å². The number of carbonyl (C=O) groups excluding carboxylic acids is 4. The van der Waals surface area contributed by atoms with Crippen molar-refractivity contribution in [1.82, 2.24) is 15.5 Å². The lowest BCUT2D eigenvalue weighted by Gasteiger charge is -2.31. The van der Waals surface area contributed by atoms with Crippen LogP contribution < -0.4 is 10.6 Å². The summed E-state index contributed by atoms with van der Waals surface area (Å²) in [6.07, 6.45) is 2.35. The fourth-order valence-electron chi connectivity index (χ4n) is 3.27. The smallest absolute Gasteiger partial charge is 0.232 e. The summed E-state index contributed by atoms with van der Waals surface area (Å²) in [5.41, 5.74) is -0.901. The molecule has 1 fully saturated rings. The summed E-state index contributed by atoms with van der Waals surface area (Å²) >= 11 is 0. The van der Waals surface area contributed by atoms with Crippen LogP contribution in [0.4, 0.5) is 0 Å². The van der Waals surface area contributed by atoms with Gasteiger partial charge < -0.3 is 15.4 Å². The van der Waals surface area contributed by atoms with Crippen LogP contribution in [0.15, 0.2) is 0 Å². The predicted molar refractivity (Wildman–Crippen MR) is 114 cm³/mol. The molecule has 0 aromatic carbocycles. The van der Waals surface area contributed by atoms with Crippen molar-refractivity contribution in [2.75, 3.05) is 26.2 Å². The molecule has 0 aromatic heterocycles. The Labute approximate surface area is 180 Å². The molecule has 0 bridgehead atoms. The van der Waals surface area contributed by atoms with Crippen LogP contribution in [-0.2, 0) is 23.9 Å². The van der Waals surface area contributed by atoms with E-state index in [1.54, 1.807) is 6.92 Å². The van der Waals surface area contributed by atoms with Crippen LogP contribution in [0.3, 0.4) is 0 Å². The molecule has 172 valence electrons. The van der Waals surface area contributed by atoms with Gasteiger partial charge in [-0.15, -0.1) is 0 Å². The second-order valence-electron chi connectivity index (χ2n) is 8.98. The van der Waals surface area contributed by atoms with Gasteiger partial charge in [0.05, 0.1) is 5.60 Å². The first-order valence-electron chi connectivity index (χ1n) is 11.0. The van der Waals surface area contributed by atoms with Gasteiger partial charge in [-0.1, -0.05) is 27.7 Å². The monoisotopic (exact) mass is 425 g/mol. The number of hydrogen-bond acceptors (Lipinski definition) is 5. The average Bonchev–Trinajstić information content (AvgIpc) is 2.91. The van der Waals surface area contributed by atoms with E-state index >= 15 is 0 Å². The van der Waals surface area contributed by atoms with Crippen molar-refractivity contribution in [1.29, 1.82) is 0 Å². The van der Waals surface area contributed by atoms with E-state index < -0.39 is 11.0 Å². The standard InChI is InChI=1S/C22H39N3O5/c1-7-22(6,30-14-11-21(4,5)20(29)23-8-2)10-12-24-17(26)9-13-25-18(27)15-16(3)19(25)28/h16H,7-15H2,1-6H3,(H,23,29)(H,24,26). The summed E-state index contributed by atoms with van der Waals surface area (Å²) in [6.45, 7) is 13.1. The Morgan fingerprint density at radius 3 is 2.33 bits per heavy atom. The minimum atomic E-state index is -0.499. The minimum Gasteiger partial charge on any atom is -0.375 e. The van der Waals surface area contributed by atoms with Gasteiger partial charge in [0.1, 0.15) is 0 Å². The predicted octanol–water partition coefficient (Wildman–Crippen LogP) is 2.02. The first kappa shape index (κ1) is 26.1. The van der Waals surface area contributed by atoms with Gasteiger partial charge in [-0.3, -0.25) is 24.1 Å². The van der Waals surface area contributed by atoms with Crippen LogP contribution >= 0.6 is 0 Å². The highest BCUT2D eigenvalue weighted by molar-refractivity contribution is 6.03. The van der Waals surface area contributed by atoms with E-state index in [9.17, 15) is 19.2 Å². The first-order chi connectivity index (χ1) is 14.0. The zero-order valence-electron chi connectivity index (χ0n) is 19.4. The average molecular weight is 426 g/mol. The number of nitrogens with one attached hydrogen (secondary N) is 2. The molecule has 8 heteroatoms. The third-order valence-electron chi connectivity index (χ3n) is 5.89. The quantitative estimate of drug-likeness (QED) is 0.439. The second kappa shape index (κ2) is 11.4. The highest BCUT2D eigenvalue weighted by atomic mass is 16.5. The van der Waals surface area contributed by atoms with Gasteiger partial charge in [0.25, 0.3) is 0 Å². The highest BCUT2D eigenvalue weighted by Gasteiger charge is 2.35. The highest BCUT2D eigenvalue weighted by Crippen LogP contribution is 2.25. The van der Waals surface area contributed by atoms with Crippen molar-refractivity contribution >= 4 is 23.6 Å². The molecule has 0 saturated carbocycles. The molecule has 1 aliphatic rings. The first-order valence-corrected chi connectivity index (χ1v) is 11.0. The zero-order valence-corrected chi connectivity index (χ0v) is 19.4. The number of amides is 4. The molecule has 2 atom stereocenters. The molecule has 1 rings (SSSR count). The van der Waals surface area contributed by atoms with E-state index in [2.05, 4.69) is 10.6 Å². The third-order valence-corrected chi connectivity index (χ3v) is 5.89. The molecule has 1 aliphatic heterocycles. The van der Waals surface area contributed by atoms with E-state index in [0.717, 1.165) is 6.42 Å². The van der Waals surface area contributed by atoms with E-state index in [0.29, 0.717) is 32.5 Å². The molecule has 0 aliphatic carbocycles. The molecule has 1 heterocycles. The van der Waals surface area contributed by atoms with Gasteiger partial charge in [-0.2, -0.15) is 0 Å². The number of rotatable bonds is 13. The van der Waals surface area contributed by atoms with Gasteiger partial charge >= 0.3 is 0 Å². The molecule has 0 radical (unpaired) electrons. The Bertz CT molecular complexity index is 634. The second-order valence-corrected chi connectivity index (χ2v) is 8.98. The largest absolute Gasteiger partial charge is 0.375 e. The lowest BCUT2D eigenvalue weighted by molar-refractivity contribution is -0.139.